The highest BCUT2D eigenvalue weighted by Gasteiger charge is 2.16. The minimum Gasteiger partial charge on any atom is -0.449 e. The van der Waals surface area contributed by atoms with Crippen molar-refractivity contribution >= 4 is 23.4 Å². The molecule has 0 saturated heterocycles. The fourth-order valence-electron chi connectivity index (χ4n) is 2.91. The Labute approximate surface area is 177 Å². The van der Waals surface area contributed by atoms with Gasteiger partial charge in [-0.05, 0) is 30.0 Å². The van der Waals surface area contributed by atoms with Crippen LogP contribution in [0.1, 0.15) is 35.9 Å². The Hall–Kier alpha value is -3.52. The fourth-order valence-corrected chi connectivity index (χ4v) is 3.64. The van der Waals surface area contributed by atoms with Gasteiger partial charge in [0.15, 0.2) is 6.10 Å². The first-order valence-electron chi connectivity index (χ1n) is 9.42. The summed E-state index contributed by atoms with van der Waals surface area (Å²) in [5, 5.41) is 14.4. The highest BCUT2D eigenvalue weighted by molar-refractivity contribution is 7.13. The predicted octanol–water partition coefficient (Wildman–Crippen LogP) is 4.67. The van der Waals surface area contributed by atoms with E-state index >= 15 is 0 Å². The van der Waals surface area contributed by atoms with Gasteiger partial charge in [-0.2, -0.15) is 5.10 Å². The molecule has 0 aliphatic carbocycles. The van der Waals surface area contributed by atoms with E-state index in [1.54, 1.807) is 31.3 Å². The van der Waals surface area contributed by atoms with E-state index in [9.17, 15) is 4.79 Å². The Balaban J connectivity index is 1.52. The summed E-state index contributed by atoms with van der Waals surface area (Å²) in [6.07, 6.45) is 4.41. The maximum Gasteiger partial charge on any atom is 0.331 e. The number of ether oxygens (including phenoxy) is 1. The fraction of sp³-hybridized carbons (Fsp3) is 0.182. The van der Waals surface area contributed by atoms with Crippen molar-refractivity contribution in [2.24, 2.45) is 0 Å². The molecule has 152 valence electrons. The number of rotatable bonds is 7. The Kier molecular flexibility index (Phi) is 5.85. The van der Waals surface area contributed by atoms with Gasteiger partial charge in [-0.25, -0.2) is 4.79 Å². The van der Waals surface area contributed by atoms with Crippen molar-refractivity contribution in [1.82, 2.24) is 20.0 Å². The number of thiophene rings is 1. The molecule has 3 heterocycles. The summed E-state index contributed by atoms with van der Waals surface area (Å²) in [5.41, 5.74) is 2.81. The number of esters is 1. The van der Waals surface area contributed by atoms with Crippen molar-refractivity contribution in [1.29, 1.82) is 0 Å². The molecule has 0 saturated carbocycles. The van der Waals surface area contributed by atoms with Crippen LogP contribution < -0.4 is 0 Å². The number of hydrogen-bond acceptors (Lipinski definition) is 7. The topological polar surface area (TPSA) is 83.0 Å². The maximum atomic E-state index is 12.3. The molecule has 0 fully saturated rings. The number of aromatic nitrogens is 4. The highest BCUT2D eigenvalue weighted by Crippen LogP contribution is 2.28. The second-order valence-corrected chi connectivity index (χ2v) is 7.61. The lowest BCUT2D eigenvalue weighted by molar-refractivity contribution is -0.143. The maximum absolute atomic E-state index is 12.3. The lowest BCUT2D eigenvalue weighted by Gasteiger charge is -2.06. The summed E-state index contributed by atoms with van der Waals surface area (Å²) in [5.74, 6) is 0.199. The minimum absolute atomic E-state index is 0.268. The summed E-state index contributed by atoms with van der Waals surface area (Å²) >= 11 is 1.60. The van der Waals surface area contributed by atoms with Gasteiger partial charge in [0.25, 0.3) is 5.89 Å². The summed E-state index contributed by atoms with van der Waals surface area (Å²) in [4.78, 5) is 13.3. The van der Waals surface area contributed by atoms with Crippen LogP contribution in [0.15, 0.2) is 64.5 Å². The molecule has 4 rings (SSSR count). The van der Waals surface area contributed by atoms with Gasteiger partial charge >= 0.3 is 5.97 Å². The largest absolute Gasteiger partial charge is 0.449 e. The third-order valence-corrected chi connectivity index (χ3v) is 5.19. The molecule has 3 aromatic heterocycles. The molecule has 0 aliphatic heterocycles. The Bertz CT molecular complexity index is 1150. The molecule has 0 bridgehead atoms. The van der Waals surface area contributed by atoms with E-state index in [-0.39, 0.29) is 5.89 Å². The van der Waals surface area contributed by atoms with Crippen molar-refractivity contribution in [3.8, 4) is 10.6 Å². The number of carbonyl (C=O) groups is 1. The quantitative estimate of drug-likeness (QED) is 0.319. The van der Waals surface area contributed by atoms with Crippen molar-refractivity contribution in [2.45, 2.75) is 26.5 Å². The molecule has 7 nitrogen and oxygen atoms in total. The molecule has 30 heavy (non-hydrogen) atoms. The van der Waals surface area contributed by atoms with Crippen LogP contribution in [0.5, 0.6) is 0 Å². The molecule has 1 aromatic carbocycles. The highest BCUT2D eigenvalue weighted by atomic mass is 32.1. The summed E-state index contributed by atoms with van der Waals surface area (Å²) in [7, 11) is 0. The van der Waals surface area contributed by atoms with Crippen molar-refractivity contribution in [2.75, 3.05) is 0 Å². The first-order chi connectivity index (χ1) is 14.6. The molecular weight excluding hydrogens is 400 g/mol. The van der Waals surface area contributed by atoms with Crippen molar-refractivity contribution in [3.63, 3.8) is 0 Å². The molecule has 4 aromatic rings. The van der Waals surface area contributed by atoms with Crippen LogP contribution in [-0.4, -0.2) is 25.9 Å². The SMILES string of the molecule is Cc1nnc(C(C)OC(=O)/C=C/c2cn(Cc3ccccc3)nc2-c2cccs2)o1. The van der Waals surface area contributed by atoms with E-state index in [0.717, 1.165) is 21.7 Å². The zero-order valence-electron chi connectivity index (χ0n) is 16.6. The average molecular weight is 420 g/mol. The van der Waals surface area contributed by atoms with Gasteiger partial charge in [0, 0.05) is 24.8 Å². The van der Waals surface area contributed by atoms with Gasteiger partial charge in [0.1, 0.15) is 5.69 Å². The van der Waals surface area contributed by atoms with Gasteiger partial charge < -0.3 is 9.15 Å². The third kappa shape index (κ3) is 4.72. The molecule has 8 heteroatoms. The zero-order valence-corrected chi connectivity index (χ0v) is 17.4. The second-order valence-electron chi connectivity index (χ2n) is 6.67. The van der Waals surface area contributed by atoms with Gasteiger partial charge in [0.2, 0.25) is 5.89 Å². The molecule has 0 amide bonds. The summed E-state index contributed by atoms with van der Waals surface area (Å²) in [6.45, 7) is 4.02. The lowest BCUT2D eigenvalue weighted by Crippen LogP contribution is -2.06. The molecular formula is C22H20N4O3S. The monoisotopic (exact) mass is 420 g/mol. The van der Waals surface area contributed by atoms with Crippen LogP contribution in [0.25, 0.3) is 16.6 Å². The lowest BCUT2D eigenvalue weighted by atomic mass is 10.2. The van der Waals surface area contributed by atoms with Crippen molar-refractivity contribution < 1.29 is 13.9 Å². The smallest absolute Gasteiger partial charge is 0.331 e. The van der Waals surface area contributed by atoms with E-state index in [1.165, 1.54) is 6.08 Å². The van der Waals surface area contributed by atoms with E-state index in [1.807, 2.05) is 46.6 Å². The zero-order chi connectivity index (χ0) is 20.9. The van der Waals surface area contributed by atoms with E-state index < -0.39 is 12.1 Å². The summed E-state index contributed by atoms with van der Waals surface area (Å²) in [6, 6.07) is 14.1. The minimum atomic E-state index is -0.624. The predicted molar refractivity (Wildman–Crippen MR) is 114 cm³/mol. The Morgan fingerprint density at radius 3 is 2.77 bits per heavy atom. The van der Waals surface area contributed by atoms with Crippen LogP contribution in [0.4, 0.5) is 0 Å². The molecule has 0 aliphatic rings. The van der Waals surface area contributed by atoms with Crippen LogP contribution in [0.2, 0.25) is 0 Å². The first-order valence-corrected chi connectivity index (χ1v) is 10.3. The van der Waals surface area contributed by atoms with E-state index in [2.05, 4.69) is 22.3 Å². The van der Waals surface area contributed by atoms with Crippen LogP contribution in [-0.2, 0) is 16.1 Å². The average Bonchev–Trinajstić information content (AvgIpc) is 3.48. The van der Waals surface area contributed by atoms with E-state index in [0.29, 0.717) is 12.4 Å². The molecule has 0 N–H and O–H groups in total. The van der Waals surface area contributed by atoms with Crippen LogP contribution in [0, 0.1) is 6.92 Å². The van der Waals surface area contributed by atoms with Crippen LogP contribution in [0.3, 0.4) is 0 Å². The number of aryl methyl sites for hydroxylation is 1. The standard InChI is InChI=1S/C22H20N4O3S/c1-15(22-24-23-16(2)29-22)28-20(27)11-10-18-14-26(13-17-7-4-3-5-8-17)25-21(18)19-9-6-12-30-19/h3-12,14-15H,13H2,1-2H3/b11-10+. The van der Waals surface area contributed by atoms with Crippen molar-refractivity contribution in [3.05, 3.63) is 83.0 Å². The molecule has 0 spiro atoms. The van der Waals surface area contributed by atoms with E-state index in [4.69, 9.17) is 14.3 Å². The summed E-state index contributed by atoms with van der Waals surface area (Å²) < 4.78 is 12.5. The number of carbonyl (C=O) groups excluding carboxylic acids is 1. The molecule has 1 unspecified atom stereocenters. The van der Waals surface area contributed by atoms with Gasteiger partial charge in [-0.1, -0.05) is 36.4 Å². The van der Waals surface area contributed by atoms with Crippen LogP contribution >= 0.6 is 11.3 Å². The third-order valence-electron chi connectivity index (χ3n) is 4.31. The second kappa shape index (κ2) is 8.87. The number of nitrogens with zero attached hydrogens (tertiary/aromatic N) is 4. The Morgan fingerprint density at radius 2 is 2.07 bits per heavy atom. The van der Waals surface area contributed by atoms with Gasteiger partial charge in [0.05, 0.1) is 11.4 Å². The molecule has 1 atom stereocenters. The normalized spacial score (nSPS) is 12.3. The van der Waals surface area contributed by atoms with Gasteiger partial charge in [-0.15, -0.1) is 21.5 Å². The number of hydrogen-bond donors (Lipinski definition) is 0. The number of benzene rings is 1. The molecule has 0 radical (unpaired) electrons. The first kappa shape index (κ1) is 19.8. The Morgan fingerprint density at radius 1 is 1.23 bits per heavy atom. The van der Waals surface area contributed by atoms with Gasteiger partial charge in [-0.3, -0.25) is 4.68 Å².